The number of rotatable bonds is 3. The third-order valence-electron chi connectivity index (χ3n) is 3.14. The summed E-state index contributed by atoms with van der Waals surface area (Å²) in [5, 5.41) is 7.28. The third kappa shape index (κ3) is 1.81. The van der Waals surface area contributed by atoms with Gasteiger partial charge in [0.05, 0.1) is 24.4 Å². The Hall–Kier alpha value is -1.14. The summed E-state index contributed by atoms with van der Waals surface area (Å²) < 4.78 is 52.8. The quantitative estimate of drug-likeness (QED) is 0.773. The maximum atomic E-state index is 13.1. The molecule has 17 heavy (non-hydrogen) atoms. The van der Waals surface area contributed by atoms with E-state index in [-0.39, 0.29) is 12.5 Å². The summed E-state index contributed by atoms with van der Waals surface area (Å²) in [5.74, 6) is -9.11. The van der Waals surface area contributed by atoms with Gasteiger partial charge in [-0.1, -0.05) is 19.1 Å². The summed E-state index contributed by atoms with van der Waals surface area (Å²) in [6, 6.07) is 0. The van der Waals surface area contributed by atoms with Gasteiger partial charge in [-0.3, -0.25) is 0 Å². The van der Waals surface area contributed by atoms with Gasteiger partial charge in [0.1, 0.15) is 0 Å². The molecule has 1 heterocycles. The van der Waals surface area contributed by atoms with E-state index >= 15 is 0 Å². The Labute approximate surface area is 95.8 Å². The molecule has 1 fully saturated rings. The minimum Gasteiger partial charge on any atom is -0.249 e. The Morgan fingerprint density at radius 2 is 2.06 bits per heavy atom. The lowest BCUT2D eigenvalue weighted by molar-refractivity contribution is -0.316. The highest BCUT2D eigenvalue weighted by Gasteiger charge is 2.71. The van der Waals surface area contributed by atoms with Gasteiger partial charge in [-0.25, -0.2) is 4.68 Å². The Morgan fingerprint density at radius 3 is 2.53 bits per heavy atom. The minimum atomic E-state index is -3.94. The number of hydrogen-bond donors (Lipinski definition) is 0. The van der Waals surface area contributed by atoms with Crippen LogP contribution in [0.15, 0.2) is 6.20 Å². The van der Waals surface area contributed by atoms with E-state index in [0.717, 1.165) is 0 Å². The first kappa shape index (κ1) is 12.3. The third-order valence-corrected chi connectivity index (χ3v) is 3.14. The zero-order valence-electron chi connectivity index (χ0n) is 9.50. The average Bonchev–Trinajstić information content (AvgIpc) is 2.64. The lowest BCUT2D eigenvalue weighted by atomic mass is 9.76. The molecule has 0 bridgehead atoms. The molecule has 1 aliphatic rings. The molecule has 1 atom stereocenters. The first-order valence-electron chi connectivity index (χ1n) is 5.39. The number of hydrogen-bond acceptors (Lipinski definition) is 2. The fraction of sp³-hybridized carbons (Fsp3) is 0.800. The van der Waals surface area contributed by atoms with Crippen molar-refractivity contribution in [2.24, 2.45) is 5.92 Å². The van der Waals surface area contributed by atoms with Crippen molar-refractivity contribution in [3.63, 3.8) is 0 Å². The van der Waals surface area contributed by atoms with E-state index in [1.165, 1.54) is 10.9 Å². The molecular weight excluding hydrogens is 238 g/mol. The molecule has 2 rings (SSSR count). The number of alkyl halides is 4. The van der Waals surface area contributed by atoms with Crippen molar-refractivity contribution in [1.82, 2.24) is 15.0 Å². The van der Waals surface area contributed by atoms with Crippen LogP contribution in [0.4, 0.5) is 17.6 Å². The molecule has 1 saturated carbocycles. The second-order valence-electron chi connectivity index (χ2n) is 4.72. The van der Waals surface area contributed by atoms with Crippen molar-refractivity contribution in [3.05, 3.63) is 11.9 Å². The van der Waals surface area contributed by atoms with Crippen molar-refractivity contribution in [2.75, 3.05) is 0 Å². The molecule has 1 aromatic heterocycles. The molecule has 0 radical (unpaired) electrons. The molecule has 1 aliphatic carbocycles. The van der Waals surface area contributed by atoms with Gasteiger partial charge in [0.25, 0.3) is 0 Å². The first-order valence-corrected chi connectivity index (χ1v) is 5.39. The summed E-state index contributed by atoms with van der Waals surface area (Å²) in [6.45, 7) is 3.52. The van der Waals surface area contributed by atoms with E-state index in [1.54, 1.807) is 0 Å². The molecule has 0 aliphatic heterocycles. The van der Waals surface area contributed by atoms with Crippen molar-refractivity contribution in [1.29, 1.82) is 0 Å². The van der Waals surface area contributed by atoms with Crippen molar-refractivity contribution < 1.29 is 17.6 Å². The van der Waals surface area contributed by atoms with Crippen LogP contribution < -0.4 is 0 Å². The van der Waals surface area contributed by atoms with E-state index in [4.69, 9.17) is 0 Å². The standard InChI is InChI=1S/C10H13F4N3/c1-6(2)8-4-15-16-17(8)5-7-3-9(11,12)10(7,13)14/h4,6-7H,3,5H2,1-2H3. The second kappa shape index (κ2) is 3.68. The fourth-order valence-corrected chi connectivity index (χ4v) is 1.98. The molecule has 0 saturated heterocycles. The van der Waals surface area contributed by atoms with Crippen LogP contribution in [0.1, 0.15) is 31.9 Å². The lowest BCUT2D eigenvalue weighted by Crippen LogP contribution is -2.59. The zero-order valence-corrected chi connectivity index (χ0v) is 9.50. The van der Waals surface area contributed by atoms with Crippen LogP contribution in [0.25, 0.3) is 0 Å². The summed E-state index contributed by atoms with van der Waals surface area (Å²) in [7, 11) is 0. The maximum absolute atomic E-state index is 13.1. The van der Waals surface area contributed by atoms with Crippen molar-refractivity contribution in [2.45, 2.75) is 44.6 Å². The van der Waals surface area contributed by atoms with E-state index in [2.05, 4.69) is 10.3 Å². The Morgan fingerprint density at radius 1 is 1.41 bits per heavy atom. The van der Waals surface area contributed by atoms with Crippen LogP contribution in [0.2, 0.25) is 0 Å². The Bertz CT molecular complexity index is 413. The molecular formula is C10H13F4N3. The van der Waals surface area contributed by atoms with E-state index in [9.17, 15) is 17.6 Å². The summed E-state index contributed by atoms with van der Waals surface area (Å²) in [5.41, 5.74) is 0.677. The molecule has 0 N–H and O–H groups in total. The highest BCUT2D eigenvalue weighted by Crippen LogP contribution is 2.55. The minimum absolute atomic E-state index is 0.0687. The predicted molar refractivity (Wildman–Crippen MR) is 52.1 cm³/mol. The molecule has 1 aromatic rings. The van der Waals surface area contributed by atoms with E-state index in [1.807, 2.05) is 13.8 Å². The van der Waals surface area contributed by atoms with Crippen LogP contribution >= 0.6 is 0 Å². The predicted octanol–water partition coefficient (Wildman–Crippen LogP) is 2.69. The zero-order chi connectivity index (χ0) is 12.8. The monoisotopic (exact) mass is 251 g/mol. The van der Waals surface area contributed by atoms with E-state index < -0.39 is 24.2 Å². The molecule has 7 heteroatoms. The van der Waals surface area contributed by atoms with Gasteiger partial charge >= 0.3 is 11.8 Å². The maximum Gasteiger partial charge on any atom is 0.314 e. The highest BCUT2D eigenvalue weighted by atomic mass is 19.3. The Kier molecular flexibility index (Phi) is 2.67. The largest absolute Gasteiger partial charge is 0.314 e. The van der Waals surface area contributed by atoms with Gasteiger partial charge in [0, 0.05) is 6.42 Å². The number of nitrogens with zero attached hydrogens (tertiary/aromatic N) is 3. The molecule has 96 valence electrons. The van der Waals surface area contributed by atoms with Gasteiger partial charge in [0.15, 0.2) is 0 Å². The first-order chi connectivity index (χ1) is 7.75. The number of aromatic nitrogens is 3. The van der Waals surface area contributed by atoms with Gasteiger partial charge < -0.3 is 0 Å². The molecule has 0 aromatic carbocycles. The molecule has 0 spiro atoms. The summed E-state index contributed by atoms with van der Waals surface area (Å²) >= 11 is 0. The molecule has 3 nitrogen and oxygen atoms in total. The highest BCUT2D eigenvalue weighted by molar-refractivity contribution is 5.06. The van der Waals surface area contributed by atoms with Crippen LogP contribution in [-0.4, -0.2) is 26.8 Å². The van der Waals surface area contributed by atoms with E-state index in [0.29, 0.717) is 5.69 Å². The van der Waals surface area contributed by atoms with Crippen LogP contribution in [0, 0.1) is 5.92 Å². The van der Waals surface area contributed by atoms with Crippen LogP contribution in [0.5, 0.6) is 0 Å². The normalized spacial score (nSPS) is 25.9. The SMILES string of the molecule is CC(C)c1cnnn1CC1CC(F)(F)C1(F)F. The molecule has 1 unspecified atom stereocenters. The fourth-order valence-electron chi connectivity index (χ4n) is 1.98. The van der Waals surface area contributed by atoms with Gasteiger partial charge in [-0.05, 0) is 5.92 Å². The average molecular weight is 251 g/mol. The number of halogens is 4. The second-order valence-corrected chi connectivity index (χ2v) is 4.72. The van der Waals surface area contributed by atoms with Crippen LogP contribution in [-0.2, 0) is 6.54 Å². The smallest absolute Gasteiger partial charge is 0.249 e. The Balaban J connectivity index is 2.11. The topological polar surface area (TPSA) is 30.7 Å². The molecule has 0 amide bonds. The summed E-state index contributed by atoms with van der Waals surface area (Å²) in [4.78, 5) is 0. The van der Waals surface area contributed by atoms with Crippen LogP contribution in [0.3, 0.4) is 0 Å². The van der Waals surface area contributed by atoms with Gasteiger partial charge in [-0.2, -0.15) is 17.6 Å². The lowest BCUT2D eigenvalue weighted by Gasteiger charge is -2.43. The van der Waals surface area contributed by atoms with Crippen molar-refractivity contribution in [3.8, 4) is 0 Å². The van der Waals surface area contributed by atoms with Crippen molar-refractivity contribution >= 4 is 0 Å². The van der Waals surface area contributed by atoms with Gasteiger partial charge in [-0.15, -0.1) is 5.10 Å². The summed E-state index contributed by atoms with van der Waals surface area (Å²) in [6.07, 6.45) is 0.678. The van der Waals surface area contributed by atoms with Gasteiger partial charge in [0.2, 0.25) is 0 Å².